The van der Waals surface area contributed by atoms with Gasteiger partial charge in [0.1, 0.15) is 0 Å². The largest absolute Gasteiger partial charge is 0.589 e. The van der Waals surface area contributed by atoms with Crippen LogP contribution in [0.2, 0.25) is 0 Å². The highest BCUT2D eigenvalue weighted by Crippen LogP contribution is 1.34. The van der Waals surface area contributed by atoms with Gasteiger partial charge in [-0.05, 0) is 18.7 Å². The van der Waals surface area contributed by atoms with Crippen molar-refractivity contribution in [2.75, 3.05) is 0 Å². The number of rotatable bonds is 2. The Balaban J connectivity index is 2.65. The first-order valence-corrected chi connectivity index (χ1v) is 8.76. The van der Waals surface area contributed by atoms with E-state index in [1.807, 2.05) is 18.7 Å². The standard InChI is InChI=1S/H6OSi4/c2-4-1-5-3/h4-5H,2-3H2. The fourth-order valence-corrected chi connectivity index (χ4v) is 5.51. The fourth-order valence-electron chi connectivity index (χ4n) is 0.0680. The minimum absolute atomic E-state index is 0.358. The van der Waals surface area contributed by atoms with E-state index in [0.717, 1.165) is 0 Å². The highest BCUT2D eigenvalue weighted by atomic mass is 28.9. The third-order valence-electron chi connectivity index (χ3n) is 0.192. The number of hydrogen-bond donors (Lipinski definition) is 0. The maximum absolute atomic E-state index is 5.02. The second kappa shape index (κ2) is 4.67. The van der Waals surface area contributed by atoms with Gasteiger partial charge in [-0.15, -0.1) is 0 Å². The molecule has 0 fully saturated rings. The molecule has 0 rings (SSSR count). The molecule has 28 valence electrons. The van der Waals surface area contributed by atoms with Crippen LogP contribution in [0.15, 0.2) is 0 Å². The van der Waals surface area contributed by atoms with Crippen LogP contribution in [0.5, 0.6) is 0 Å². The molecule has 0 saturated carbocycles. The highest BCUT2D eigenvalue weighted by molar-refractivity contribution is 6.66. The minimum atomic E-state index is 0.358. The average Bonchev–Trinajstić information content (AvgIpc) is 1.41. The van der Waals surface area contributed by atoms with Crippen LogP contribution in [-0.4, -0.2) is 36.4 Å². The Morgan fingerprint density at radius 2 is 1.60 bits per heavy atom. The summed E-state index contributed by atoms with van der Waals surface area (Å²) in [5.74, 6) is 0. The Kier molecular flexibility index (Phi) is 5.29. The lowest BCUT2D eigenvalue weighted by molar-refractivity contribution is 0.683. The molecule has 0 aromatic carbocycles. The summed E-state index contributed by atoms with van der Waals surface area (Å²) in [4.78, 5) is 0. The van der Waals surface area contributed by atoms with E-state index in [1.165, 1.54) is 0 Å². The van der Waals surface area contributed by atoms with Crippen molar-refractivity contribution in [1.82, 2.24) is 0 Å². The van der Waals surface area contributed by atoms with Crippen LogP contribution in [0.3, 0.4) is 0 Å². The van der Waals surface area contributed by atoms with Crippen molar-refractivity contribution in [3.05, 3.63) is 0 Å². The van der Waals surface area contributed by atoms with Gasteiger partial charge in [-0.3, -0.25) is 0 Å². The van der Waals surface area contributed by atoms with Crippen molar-refractivity contribution in [3.8, 4) is 0 Å². The van der Waals surface area contributed by atoms with Crippen LogP contribution in [-0.2, 0) is 4.12 Å². The Morgan fingerprint density at radius 1 is 1.20 bits per heavy atom. The summed E-state index contributed by atoms with van der Waals surface area (Å²) in [6, 6.07) is 0. The van der Waals surface area contributed by atoms with E-state index in [9.17, 15) is 0 Å². The van der Waals surface area contributed by atoms with Crippen LogP contribution in [0, 0.1) is 0 Å². The zero-order chi connectivity index (χ0) is 4.12. The molecule has 0 aliphatic carbocycles. The quantitative estimate of drug-likeness (QED) is 0.362. The maximum atomic E-state index is 5.02. The lowest BCUT2D eigenvalue weighted by Crippen LogP contribution is -1.85. The Morgan fingerprint density at radius 3 is 1.60 bits per heavy atom. The van der Waals surface area contributed by atoms with E-state index >= 15 is 0 Å². The van der Waals surface area contributed by atoms with Gasteiger partial charge in [-0.2, -0.15) is 0 Å². The molecule has 5 heteroatoms. The second-order valence-electron chi connectivity index (χ2n) is 0.469. The van der Waals surface area contributed by atoms with Crippen molar-refractivity contribution >= 4 is 36.4 Å². The molecule has 0 radical (unpaired) electrons. The lowest BCUT2D eigenvalue weighted by atomic mass is 15.8. The molecule has 5 heavy (non-hydrogen) atoms. The fraction of sp³-hybridized carbons (Fsp3) is 0. The first kappa shape index (κ1) is 5.67. The SMILES string of the molecule is [SiH2]=[SiH]O[SiH]=[SiH2]. The summed E-state index contributed by atoms with van der Waals surface area (Å²) in [6.07, 6.45) is 0. The monoisotopic (exact) mass is 134 g/mol. The van der Waals surface area contributed by atoms with Gasteiger partial charge < -0.3 is 4.12 Å². The third-order valence-corrected chi connectivity index (χ3v) is 5.20. The molecule has 0 amide bonds. The van der Waals surface area contributed by atoms with E-state index in [0.29, 0.717) is 17.7 Å². The van der Waals surface area contributed by atoms with E-state index in [2.05, 4.69) is 0 Å². The van der Waals surface area contributed by atoms with Crippen LogP contribution in [0.1, 0.15) is 0 Å². The molecular weight excluding hydrogens is 128 g/mol. The van der Waals surface area contributed by atoms with E-state index in [4.69, 9.17) is 4.12 Å². The van der Waals surface area contributed by atoms with E-state index in [-0.39, 0.29) is 0 Å². The van der Waals surface area contributed by atoms with E-state index < -0.39 is 0 Å². The summed E-state index contributed by atoms with van der Waals surface area (Å²) >= 11 is 0. The summed E-state index contributed by atoms with van der Waals surface area (Å²) < 4.78 is 5.02. The van der Waals surface area contributed by atoms with Crippen molar-refractivity contribution in [2.24, 2.45) is 0 Å². The molecule has 1 nitrogen and oxygen atoms in total. The summed E-state index contributed by atoms with van der Waals surface area (Å²) in [7, 11) is 4.59. The van der Waals surface area contributed by atoms with Crippen LogP contribution in [0.25, 0.3) is 0 Å². The Labute approximate surface area is 41.1 Å². The van der Waals surface area contributed by atoms with Gasteiger partial charge in [-0.1, -0.05) is 0 Å². The van der Waals surface area contributed by atoms with Crippen molar-refractivity contribution in [2.45, 2.75) is 0 Å². The molecule has 0 N–H and O–H groups in total. The van der Waals surface area contributed by atoms with Crippen molar-refractivity contribution < 1.29 is 4.12 Å². The van der Waals surface area contributed by atoms with Gasteiger partial charge in [-0.25, -0.2) is 0 Å². The summed E-state index contributed by atoms with van der Waals surface area (Å²) in [5.41, 5.74) is 0. The molecule has 0 aromatic heterocycles. The zero-order valence-electron chi connectivity index (χ0n) is 2.98. The second-order valence-corrected chi connectivity index (χ2v) is 4.22. The smallest absolute Gasteiger partial charge is 0.164 e. The third kappa shape index (κ3) is 4.67. The van der Waals surface area contributed by atoms with Gasteiger partial charge in [0.05, 0.1) is 0 Å². The van der Waals surface area contributed by atoms with Gasteiger partial charge in [0.25, 0.3) is 0 Å². The molecule has 0 aliphatic heterocycles. The van der Waals surface area contributed by atoms with Crippen molar-refractivity contribution in [1.29, 1.82) is 0 Å². The van der Waals surface area contributed by atoms with Gasteiger partial charge in [0.2, 0.25) is 0 Å². The van der Waals surface area contributed by atoms with Crippen molar-refractivity contribution in [3.63, 3.8) is 0 Å². The van der Waals surface area contributed by atoms with E-state index in [1.54, 1.807) is 0 Å². The molecule has 0 aromatic rings. The molecule has 0 bridgehead atoms. The molecule has 0 spiro atoms. The minimum Gasteiger partial charge on any atom is -0.589 e. The normalized spacial score (nSPS) is 5.60. The first-order valence-electron chi connectivity index (χ1n) is 1.29. The molecule has 0 atom stereocenters. The summed E-state index contributed by atoms with van der Waals surface area (Å²) in [5, 5.41) is 0. The lowest BCUT2D eigenvalue weighted by Gasteiger charge is -1.79. The van der Waals surface area contributed by atoms with Crippen LogP contribution >= 0.6 is 0 Å². The molecule has 0 aliphatic rings. The topological polar surface area (TPSA) is 9.23 Å². The first-order chi connectivity index (χ1) is 2.41. The molecule has 0 heterocycles. The highest BCUT2D eigenvalue weighted by Gasteiger charge is 1.47. The summed E-state index contributed by atoms with van der Waals surface area (Å²) in [6.45, 7) is 0. The predicted molar refractivity (Wildman–Crippen MR) is 32.5 cm³/mol. The van der Waals surface area contributed by atoms with Gasteiger partial charge >= 0.3 is 0 Å². The maximum Gasteiger partial charge on any atom is 0.164 e. The van der Waals surface area contributed by atoms with Gasteiger partial charge in [0.15, 0.2) is 17.7 Å². The number of hydrogen-bond acceptors (Lipinski definition) is 1. The Bertz CT molecular complexity index is 32.9. The van der Waals surface area contributed by atoms with Gasteiger partial charge in [0, 0.05) is 0 Å². The molecule has 0 saturated heterocycles. The zero-order valence-corrected chi connectivity index (χ0v) is 8.11. The predicted octanol–water partition coefficient (Wildman–Crippen LogP) is -3.20. The van der Waals surface area contributed by atoms with Crippen LogP contribution < -0.4 is 0 Å². The molecule has 0 unspecified atom stereocenters. The van der Waals surface area contributed by atoms with Crippen LogP contribution in [0.4, 0.5) is 0 Å². The average molecular weight is 134 g/mol. The molecular formula is H6OSi4. The Hall–Kier alpha value is 0.668.